The zero-order valence-corrected chi connectivity index (χ0v) is 12.0. The molecule has 0 aromatic carbocycles. The summed E-state index contributed by atoms with van der Waals surface area (Å²) in [5.74, 6) is 6.15. The molecule has 0 aliphatic carbocycles. The largest absolute Gasteiger partial charge is 0.485 e. The fourth-order valence-corrected chi connectivity index (χ4v) is 1.96. The molecule has 2 aromatic heterocycles. The van der Waals surface area contributed by atoms with Crippen LogP contribution in [0.2, 0.25) is 0 Å². The van der Waals surface area contributed by atoms with E-state index in [1.807, 2.05) is 26.3 Å². The van der Waals surface area contributed by atoms with Crippen LogP contribution >= 0.6 is 0 Å². The highest BCUT2D eigenvalue weighted by Crippen LogP contribution is 2.24. The highest BCUT2D eigenvalue weighted by atomic mass is 16.5. The molecule has 0 spiro atoms. The van der Waals surface area contributed by atoms with Crippen molar-refractivity contribution in [1.82, 2.24) is 15.2 Å². The van der Waals surface area contributed by atoms with Crippen molar-refractivity contribution >= 4 is 5.91 Å². The fraction of sp³-hybridized carbons (Fsp3) is 0.385. The van der Waals surface area contributed by atoms with Crippen molar-refractivity contribution in [3.05, 3.63) is 34.5 Å². The van der Waals surface area contributed by atoms with Gasteiger partial charge in [-0.25, -0.2) is 5.84 Å². The van der Waals surface area contributed by atoms with Crippen LogP contribution in [0.1, 0.15) is 33.3 Å². The summed E-state index contributed by atoms with van der Waals surface area (Å²) in [6.07, 6.45) is 0. The predicted octanol–water partition coefficient (Wildman–Crippen LogP) is 1.12. The number of aryl methyl sites for hydroxylation is 3. The molecule has 0 aliphatic heterocycles. The third-order valence-corrected chi connectivity index (χ3v) is 3.19. The molecule has 0 atom stereocenters. The monoisotopic (exact) mass is 278 g/mol. The van der Waals surface area contributed by atoms with Crippen LogP contribution in [0.25, 0.3) is 0 Å². The highest BCUT2D eigenvalue weighted by Gasteiger charge is 2.16. The summed E-state index contributed by atoms with van der Waals surface area (Å²) in [7, 11) is 1.86. The minimum Gasteiger partial charge on any atom is -0.485 e. The fourth-order valence-electron chi connectivity index (χ4n) is 1.96. The van der Waals surface area contributed by atoms with Gasteiger partial charge in [-0.05, 0) is 26.8 Å². The zero-order valence-electron chi connectivity index (χ0n) is 12.0. The van der Waals surface area contributed by atoms with E-state index in [9.17, 15) is 4.79 Å². The predicted molar refractivity (Wildman–Crippen MR) is 72.1 cm³/mol. The number of aromatic nitrogens is 2. The molecule has 2 aromatic rings. The first kappa shape index (κ1) is 14.1. The molecule has 0 saturated carbocycles. The lowest BCUT2D eigenvalue weighted by Crippen LogP contribution is -2.29. The molecule has 2 rings (SSSR count). The maximum absolute atomic E-state index is 11.4. The molecule has 0 bridgehead atoms. The van der Waals surface area contributed by atoms with Crippen molar-refractivity contribution in [2.75, 3.05) is 0 Å². The van der Waals surface area contributed by atoms with E-state index in [-0.39, 0.29) is 5.76 Å². The summed E-state index contributed by atoms with van der Waals surface area (Å²) in [5, 5.41) is 4.28. The lowest BCUT2D eigenvalue weighted by Gasteiger charge is -2.05. The van der Waals surface area contributed by atoms with Crippen molar-refractivity contribution in [1.29, 1.82) is 0 Å². The van der Waals surface area contributed by atoms with Crippen molar-refractivity contribution in [3.8, 4) is 5.75 Å². The Morgan fingerprint density at radius 1 is 1.50 bits per heavy atom. The summed E-state index contributed by atoms with van der Waals surface area (Å²) >= 11 is 0. The molecule has 0 radical (unpaired) electrons. The van der Waals surface area contributed by atoms with Gasteiger partial charge < -0.3 is 9.15 Å². The Bertz CT molecular complexity index is 642. The number of nitrogens with one attached hydrogen (secondary N) is 1. The standard InChI is InChI=1S/C13H18N4O3/c1-7-12(8(2)17(4)16-7)19-6-10-5-11(13(18)15-14)20-9(10)3/h5H,6,14H2,1-4H3,(H,15,18). The summed E-state index contributed by atoms with van der Waals surface area (Å²) in [6.45, 7) is 5.90. The van der Waals surface area contributed by atoms with E-state index in [1.54, 1.807) is 17.7 Å². The Morgan fingerprint density at radius 3 is 2.75 bits per heavy atom. The van der Waals surface area contributed by atoms with Crippen LogP contribution in [0.15, 0.2) is 10.5 Å². The first-order valence-corrected chi connectivity index (χ1v) is 6.17. The number of hydrazine groups is 1. The molecular formula is C13H18N4O3. The number of hydrogen-bond acceptors (Lipinski definition) is 5. The molecule has 1 amide bonds. The molecule has 108 valence electrons. The van der Waals surface area contributed by atoms with Crippen LogP contribution < -0.4 is 16.0 Å². The third-order valence-electron chi connectivity index (χ3n) is 3.19. The van der Waals surface area contributed by atoms with Crippen molar-refractivity contribution < 1.29 is 13.9 Å². The van der Waals surface area contributed by atoms with E-state index in [1.165, 1.54) is 0 Å². The molecular weight excluding hydrogens is 260 g/mol. The number of amides is 1. The second-order valence-electron chi connectivity index (χ2n) is 4.58. The summed E-state index contributed by atoms with van der Waals surface area (Å²) in [4.78, 5) is 11.4. The molecule has 2 heterocycles. The van der Waals surface area contributed by atoms with Gasteiger partial charge in [0.15, 0.2) is 11.5 Å². The average Bonchev–Trinajstić information content (AvgIpc) is 2.89. The third kappa shape index (κ3) is 2.53. The van der Waals surface area contributed by atoms with E-state index < -0.39 is 5.91 Å². The van der Waals surface area contributed by atoms with E-state index >= 15 is 0 Å². The van der Waals surface area contributed by atoms with Gasteiger partial charge in [-0.15, -0.1) is 0 Å². The Morgan fingerprint density at radius 2 is 2.20 bits per heavy atom. The lowest BCUT2D eigenvalue weighted by molar-refractivity contribution is 0.0924. The molecule has 7 heteroatoms. The van der Waals surface area contributed by atoms with Crippen molar-refractivity contribution in [2.45, 2.75) is 27.4 Å². The second kappa shape index (κ2) is 5.38. The molecule has 0 saturated heterocycles. The number of nitrogens with two attached hydrogens (primary N) is 1. The first-order chi connectivity index (χ1) is 9.43. The van der Waals surface area contributed by atoms with E-state index in [0.717, 1.165) is 22.7 Å². The molecule has 20 heavy (non-hydrogen) atoms. The molecule has 0 fully saturated rings. The van der Waals surface area contributed by atoms with Crippen LogP contribution in [-0.2, 0) is 13.7 Å². The SMILES string of the molecule is Cc1nn(C)c(C)c1OCc1cc(C(=O)NN)oc1C. The molecule has 7 nitrogen and oxygen atoms in total. The van der Waals surface area contributed by atoms with Crippen molar-refractivity contribution in [2.24, 2.45) is 12.9 Å². The minimum absolute atomic E-state index is 0.170. The molecule has 0 unspecified atom stereocenters. The van der Waals surface area contributed by atoms with Gasteiger partial charge in [0, 0.05) is 12.6 Å². The van der Waals surface area contributed by atoms with Gasteiger partial charge in [0.2, 0.25) is 0 Å². The topological polar surface area (TPSA) is 95.3 Å². The Kier molecular flexibility index (Phi) is 3.80. The van der Waals surface area contributed by atoms with Crippen LogP contribution in [0, 0.1) is 20.8 Å². The molecule has 0 aliphatic rings. The summed E-state index contributed by atoms with van der Waals surface area (Å²) < 4.78 is 12.9. The van der Waals surface area contributed by atoms with Gasteiger partial charge in [0.25, 0.3) is 0 Å². The van der Waals surface area contributed by atoms with Gasteiger partial charge in [0.05, 0.1) is 5.69 Å². The lowest BCUT2D eigenvalue weighted by atomic mass is 10.2. The van der Waals surface area contributed by atoms with Gasteiger partial charge in [-0.2, -0.15) is 5.10 Å². The number of nitrogen functional groups attached to an aromatic ring is 1. The zero-order chi connectivity index (χ0) is 14.9. The van der Waals surface area contributed by atoms with E-state index in [2.05, 4.69) is 5.10 Å². The number of rotatable bonds is 4. The van der Waals surface area contributed by atoms with Gasteiger partial charge in [-0.1, -0.05) is 0 Å². The normalized spacial score (nSPS) is 10.7. The summed E-state index contributed by atoms with van der Waals surface area (Å²) in [5.41, 5.74) is 4.60. The van der Waals surface area contributed by atoms with Gasteiger partial charge >= 0.3 is 5.91 Å². The smallest absolute Gasteiger partial charge is 0.300 e. The number of nitrogens with zero attached hydrogens (tertiary/aromatic N) is 2. The van der Waals surface area contributed by atoms with Crippen LogP contribution in [0.4, 0.5) is 0 Å². The minimum atomic E-state index is -0.465. The Hall–Kier alpha value is -2.28. The number of furan rings is 1. The first-order valence-electron chi connectivity index (χ1n) is 6.17. The number of hydrogen-bond donors (Lipinski definition) is 2. The number of carbonyl (C=O) groups is 1. The number of carbonyl (C=O) groups excluding carboxylic acids is 1. The maximum atomic E-state index is 11.4. The Labute approximate surface area is 116 Å². The van der Waals surface area contributed by atoms with Crippen molar-refractivity contribution in [3.63, 3.8) is 0 Å². The average molecular weight is 278 g/mol. The van der Waals surface area contributed by atoms with Gasteiger partial charge in [0.1, 0.15) is 18.1 Å². The molecule has 3 N–H and O–H groups in total. The number of ether oxygens (including phenoxy) is 1. The van der Waals surface area contributed by atoms with Gasteiger partial charge in [-0.3, -0.25) is 14.9 Å². The van der Waals surface area contributed by atoms with Crippen LogP contribution in [0.5, 0.6) is 5.75 Å². The van der Waals surface area contributed by atoms with Crippen LogP contribution in [0.3, 0.4) is 0 Å². The Balaban J connectivity index is 2.15. The highest BCUT2D eigenvalue weighted by molar-refractivity contribution is 5.91. The van der Waals surface area contributed by atoms with Crippen LogP contribution in [-0.4, -0.2) is 15.7 Å². The maximum Gasteiger partial charge on any atom is 0.300 e. The van der Waals surface area contributed by atoms with E-state index in [4.69, 9.17) is 15.0 Å². The second-order valence-corrected chi connectivity index (χ2v) is 4.58. The van der Waals surface area contributed by atoms with E-state index in [0.29, 0.717) is 12.4 Å². The summed E-state index contributed by atoms with van der Waals surface area (Å²) in [6, 6.07) is 1.62. The quantitative estimate of drug-likeness (QED) is 0.496.